The van der Waals surface area contributed by atoms with E-state index in [1.165, 1.54) is 0 Å². The van der Waals surface area contributed by atoms with E-state index < -0.39 is 0 Å². The lowest BCUT2D eigenvalue weighted by Gasteiger charge is -2.14. The summed E-state index contributed by atoms with van der Waals surface area (Å²) in [6.45, 7) is 4.30. The fraction of sp³-hybridized carbons (Fsp3) is 0.300. The Kier molecular flexibility index (Phi) is 5.03. The molecule has 25 heavy (non-hydrogen) atoms. The summed E-state index contributed by atoms with van der Waals surface area (Å²) in [5, 5.41) is 3.02. The molecule has 5 heteroatoms. The Morgan fingerprint density at radius 2 is 2.04 bits per heavy atom. The molecule has 0 aliphatic rings. The number of hydrogen-bond acceptors (Lipinski definition) is 3. The van der Waals surface area contributed by atoms with Crippen LogP contribution in [0.4, 0.5) is 0 Å². The molecule has 5 nitrogen and oxygen atoms in total. The fourth-order valence-electron chi connectivity index (χ4n) is 2.78. The third kappa shape index (κ3) is 3.65. The van der Waals surface area contributed by atoms with Crippen molar-refractivity contribution in [3.8, 4) is 17.1 Å². The second-order valence-corrected chi connectivity index (χ2v) is 6.12. The summed E-state index contributed by atoms with van der Waals surface area (Å²) in [6.07, 6.45) is 0.902. The van der Waals surface area contributed by atoms with Crippen molar-refractivity contribution in [3.63, 3.8) is 0 Å². The van der Waals surface area contributed by atoms with Gasteiger partial charge >= 0.3 is 0 Å². The van der Waals surface area contributed by atoms with Gasteiger partial charge in [0, 0.05) is 11.6 Å². The molecule has 0 bridgehead atoms. The van der Waals surface area contributed by atoms with E-state index in [0.29, 0.717) is 0 Å². The van der Waals surface area contributed by atoms with E-state index in [0.717, 1.165) is 34.6 Å². The Bertz CT molecular complexity index is 886. The lowest BCUT2D eigenvalue weighted by Crippen LogP contribution is -2.34. The number of amides is 1. The normalized spacial score (nSPS) is 12.1. The van der Waals surface area contributed by atoms with E-state index in [9.17, 15) is 4.79 Å². The Hall–Kier alpha value is -2.82. The van der Waals surface area contributed by atoms with Gasteiger partial charge in [0.05, 0.1) is 18.1 Å². The lowest BCUT2D eigenvalue weighted by atomic mass is 10.2. The maximum absolute atomic E-state index is 12.4. The topological polar surface area (TPSA) is 56.2 Å². The van der Waals surface area contributed by atoms with Crippen molar-refractivity contribution in [2.45, 2.75) is 32.9 Å². The van der Waals surface area contributed by atoms with Gasteiger partial charge in [0.15, 0.2) is 0 Å². The van der Waals surface area contributed by atoms with Crippen molar-refractivity contribution in [2.75, 3.05) is 7.11 Å². The molecule has 1 atom stereocenters. The molecule has 0 aliphatic heterocycles. The van der Waals surface area contributed by atoms with Crippen molar-refractivity contribution in [3.05, 3.63) is 48.5 Å². The molecule has 3 rings (SSSR count). The van der Waals surface area contributed by atoms with Crippen LogP contribution in [-0.4, -0.2) is 28.6 Å². The van der Waals surface area contributed by atoms with Gasteiger partial charge in [-0.05, 0) is 37.6 Å². The number of ether oxygens (including phenoxy) is 1. The number of fused-ring (bicyclic) bond motifs is 1. The van der Waals surface area contributed by atoms with Crippen LogP contribution < -0.4 is 10.1 Å². The Morgan fingerprint density at radius 1 is 1.24 bits per heavy atom. The zero-order chi connectivity index (χ0) is 17.8. The van der Waals surface area contributed by atoms with Crippen molar-refractivity contribution in [1.82, 2.24) is 14.9 Å². The van der Waals surface area contributed by atoms with E-state index in [1.807, 2.05) is 60.0 Å². The zero-order valence-corrected chi connectivity index (χ0v) is 14.8. The van der Waals surface area contributed by atoms with Gasteiger partial charge in [-0.25, -0.2) is 4.98 Å². The predicted octanol–water partition coefficient (Wildman–Crippen LogP) is 3.63. The minimum atomic E-state index is -0.0124. The molecule has 3 aromatic rings. The molecular formula is C20H23N3O2. The minimum Gasteiger partial charge on any atom is -0.497 e. The maximum Gasteiger partial charge on any atom is 0.240 e. The molecule has 0 aliphatic carbocycles. The van der Waals surface area contributed by atoms with Crippen molar-refractivity contribution >= 4 is 16.9 Å². The average Bonchev–Trinajstić information content (AvgIpc) is 3.00. The summed E-state index contributed by atoms with van der Waals surface area (Å²) in [6, 6.07) is 15.8. The highest BCUT2D eigenvalue weighted by Crippen LogP contribution is 2.27. The third-order valence-corrected chi connectivity index (χ3v) is 4.30. The summed E-state index contributed by atoms with van der Waals surface area (Å²) in [5.41, 5.74) is 2.74. The molecule has 1 amide bonds. The third-order valence-electron chi connectivity index (χ3n) is 4.30. The van der Waals surface area contributed by atoms with Crippen molar-refractivity contribution in [1.29, 1.82) is 0 Å². The summed E-state index contributed by atoms with van der Waals surface area (Å²) in [5.74, 6) is 1.52. The van der Waals surface area contributed by atoms with Gasteiger partial charge in [-0.3, -0.25) is 4.79 Å². The number of rotatable bonds is 6. The quantitative estimate of drug-likeness (QED) is 0.747. The standard InChI is InChI=1S/C20H23N3O2/c1-4-14(2)21-19(24)13-23-18-11-6-5-10-17(18)22-20(23)15-8-7-9-16(12-15)25-3/h5-12,14H,4,13H2,1-3H3,(H,21,24). The van der Waals surface area contributed by atoms with Crippen LogP contribution >= 0.6 is 0 Å². The first-order valence-electron chi connectivity index (χ1n) is 8.51. The SMILES string of the molecule is CCC(C)NC(=O)Cn1c(-c2cccc(OC)c2)nc2ccccc21. The van der Waals surface area contributed by atoms with Crippen LogP contribution in [0, 0.1) is 0 Å². The number of carbonyl (C=O) groups excluding carboxylic acids is 1. The first-order chi connectivity index (χ1) is 12.1. The number of methoxy groups -OCH3 is 1. The van der Waals surface area contributed by atoms with Gasteiger partial charge in [0.2, 0.25) is 5.91 Å². The van der Waals surface area contributed by atoms with Gasteiger partial charge < -0.3 is 14.6 Å². The second kappa shape index (κ2) is 7.38. The number of carbonyl (C=O) groups is 1. The lowest BCUT2D eigenvalue weighted by molar-refractivity contribution is -0.122. The number of benzene rings is 2. The van der Waals surface area contributed by atoms with E-state index in [4.69, 9.17) is 9.72 Å². The first kappa shape index (κ1) is 17.0. The molecule has 0 radical (unpaired) electrons. The van der Waals surface area contributed by atoms with E-state index in [1.54, 1.807) is 7.11 Å². The Balaban J connectivity index is 2.04. The highest BCUT2D eigenvalue weighted by atomic mass is 16.5. The second-order valence-electron chi connectivity index (χ2n) is 6.12. The molecule has 0 fully saturated rings. The van der Waals surface area contributed by atoms with Gasteiger partial charge in [0.25, 0.3) is 0 Å². The van der Waals surface area contributed by atoms with Gasteiger partial charge in [-0.1, -0.05) is 31.2 Å². The van der Waals surface area contributed by atoms with Crippen LogP contribution in [0.5, 0.6) is 5.75 Å². The summed E-state index contributed by atoms with van der Waals surface area (Å²) in [7, 11) is 1.64. The van der Waals surface area contributed by atoms with Crippen molar-refractivity contribution < 1.29 is 9.53 Å². The van der Waals surface area contributed by atoms with Crippen LogP contribution in [-0.2, 0) is 11.3 Å². The molecule has 1 aromatic heterocycles. The van der Waals surface area contributed by atoms with Gasteiger partial charge in [-0.2, -0.15) is 0 Å². The molecule has 1 heterocycles. The van der Waals surface area contributed by atoms with Gasteiger partial charge in [-0.15, -0.1) is 0 Å². The number of nitrogens with one attached hydrogen (secondary N) is 1. The largest absolute Gasteiger partial charge is 0.497 e. The number of para-hydroxylation sites is 2. The molecule has 0 saturated carbocycles. The predicted molar refractivity (Wildman–Crippen MR) is 99.6 cm³/mol. The molecule has 0 spiro atoms. The fourth-order valence-corrected chi connectivity index (χ4v) is 2.78. The monoisotopic (exact) mass is 337 g/mol. The first-order valence-corrected chi connectivity index (χ1v) is 8.51. The van der Waals surface area contributed by atoms with Crippen LogP contribution in [0.1, 0.15) is 20.3 Å². The zero-order valence-electron chi connectivity index (χ0n) is 14.8. The summed E-state index contributed by atoms with van der Waals surface area (Å²) >= 11 is 0. The van der Waals surface area contributed by atoms with Crippen LogP contribution in [0.15, 0.2) is 48.5 Å². The van der Waals surface area contributed by atoms with Crippen molar-refractivity contribution in [2.24, 2.45) is 0 Å². The van der Waals surface area contributed by atoms with Crippen LogP contribution in [0.2, 0.25) is 0 Å². The highest BCUT2D eigenvalue weighted by Gasteiger charge is 2.16. The molecule has 1 N–H and O–H groups in total. The van der Waals surface area contributed by atoms with Gasteiger partial charge in [0.1, 0.15) is 18.1 Å². The number of nitrogens with zero attached hydrogens (tertiary/aromatic N) is 2. The Morgan fingerprint density at radius 3 is 2.80 bits per heavy atom. The minimum absolute atomic E-state index is 0.0124. The molecule has 2 aromatic carbocycles. The number of imidazole rings is 1. The summed E-state index contributed by atoms with van der Waals surface area (Å²) in [4.78, 5) is 17.2. The highest BCUT2D eigenvalue weighted by molar-refractivity contribution is 5.84. The maximum atomic E-state index is 12.4. The smallest absolute Gasteiger partial charge is 0.240 e. The Labute approximate surface area is 147 Å². The molecule has 1 unspecified atom stereocenters. The molecule has 0 saturated heterocycles. The number of hydrogen-bond donors (Lipinski definition) is 1. The van der Waals surface area contributed by atoms with Crippen LogP contribution in [0.3, 0.4) is 0 Å². The number of aromatic nitrogens is 2. The molecular weight excluding hydrogens is 314 g/mol. The average molecular weight is 337 g/mol. The van der Waals surface area contributed by atoms with Crippen LogP contribution in [0.25, 0.3) is 22.4 Å². The summed E-state index contributed by atoms with van der Waals surface area (Å²) < 4.78 is 7.28. The van der Waals surface area contributed by atoms with E-state index >= 15 is 0 Å². The van der Waals surface area contributed by atoms with E-state index in [2.05, 4.69) is 12.2 Å². The van der Waals surface area contributed by atoms with E-state index in [-0.39, 0.29) is 18.5 Å². The molecule has 130 valence electrons.